The molecule has 6 nitrogen and oxygen atoms in total. The Balaban J connectivity index is 2.88. The summed E-state index contributed by atoms with van der Waals surface area (Å²) in [5.74, 6) is -0.348. The molecule has 1 heterocycles. The van der Waals surface area contributed by atoms with Crippen molar-refractivity contribution in [3.8, 4) is 5.75 Å². The Hall–Kier alpha value is -2.11. The lowest BCUT2D eigenvalue weighted by Gasteiger charge is -1.95. The van der Waals surface area contributed by atoms with Gasteiger partial charge in [0, 0.05) is 0 Å². The van der Waals surface area contributed by atoms with E-state index in [2.05, 4.69) is 10.2 Å². The molecule has 2 aromatic rings. The lowest BCUT2D eigenvalue weighted by atomic mass is 10.2. The highest BCUT2D eigenvalue weighted by Crippen LogP contribution is 2.32. The molecule has 0 amide bonds. The molecule has 0 aliphatic rings. The third-order valence-corrected chi connectivity index (χ3v) is 1.76. The summed E-state index contributed by atoms with van der Waals surface area (Å²) in [6, 6.07) is 2.79. The summed E-state index contributed by atoms with van der Waals surface area (Å²) in [7, 11) is 0. The van der Waals surface area contributed by atoms with Gasteiger partial charge in [0.25, 0.3) is 0 Å². The zero-order valence-electron chi connectivity index (χ0n) is 6.39. The third-order valence-electron chi connectivity index (χ3n) is 1.76. The number of H-pyrrole nitrogens is 1. The zero-order valence-corrected chi connectivity index (χ0v) is 6.39. The maximum Gasteiger partial charge on any atom is 0.321 e. The Morgan fingerprint density at radius 1 is 1.54 bits per heavy atom. The lowest BCUT2D eigenvalue weighted by molar-refractivity contribution is -0.384. The predicted molar refractivity (Wildman–Crippen MR) is 44.4 cm³/mol. The maximum absolute atomic E-state index is 10.5. The number of rotatable bonds is 1. The van der Waals surface area contributed by atoms with Gasteiger partial charge in [-0.1, -0.05) is 0 Å². The van der Waals surface area contributed by atoms with Crippen LogP contribution >= 0.6 is 0 Å². The Bertz CT molecular complexity index is 477. The van der Waals surface area contributed by atoms with E-state index < -0.39 is 4.92 Å². The van der Waals surface area contributed by atoms with Crippen molar-refractivity contribution in [1.82, 2.24) is 10.2 Å². The maximum atomic E-state index is 10.5. The van der Waals surface area contributed by atoms with E-state index in [1.165, 1.54) is 18.3 Å². The van der Waals surface area contributed by atoms with Crippen LogP contribution < -0.4 is 0 Å². The highest BCUT2D eigenvalue weighted by molar-refractivity contribution is 5.90. The molecule has 0 radical (unpaired) electrons. The Kier molecular flexibility index (Phi) is 1.42. The van der Waals surface area contributed by atoms with Crippen LogP contribution in [0.3, 0.4) is 0 Å². The van der Waals surface area contributed by atoms with Gasteiger partial charge < -0.3 is 5.11 Å². The minimum Gasteiger partial charge on any atom is -0.502 e. The smallest absolute Gasteiger partial charge is 0.321 e. The first kappa shape index (κ1) is 7.53. The first-order valence-electron chi connectivity index (χ1n) is 3.49. The average molecular weight is 179 g/mol. The summed E-state index contributed by atoms with van der Waals surface area (Å²) in [4.78, 5) is 9.91. The first-order chi connectivity index (χ1) is 6.20. The number of fused-ring (bicyclic) bond motifs is 1. The van der Waals surface area contributed by atoms with Crippen LogP contribution in [0.4, 0.5) is 5.69 Å². The summed E-state index contributed by atoms with van der Waals surface area (Å²) in [6.45, 7) is 0. The molecule has 0 fully saturated rings. The number of phenols is 1. The third kappa shape index (κ3) is 0.994. The number of nitrogens with zero attached hydrogens (tertiary/aromatic N) is 2. The summed E-state index contributed by atoms with van der Waals surface area (Å²) < 4.78 is 0. The summed E-state index contributed by atoms with van der Waals surface area (Å²) in [6.07, 6.45) is 1.31. The molecular formula is C7H5N3O3. The monoisotopic (exact) mass is 179 g/mol. The molecule has 2 rings (SSSR count). The quantitative estimate of drug-likeness (QED) is 0.507. The Morgan fingerprint density at radius 2 is 2.31 bits per heavy atom. The van der Waals surface area contributed by atoms with Crippen molar-refractivity contribution in [2.75, 3.05) is 0 Å². The van der Waals surface area contributed by atoms with Crippen molar-refractivity contribution in [3.63, 3.8) is 0 Å². The van der Waals surface area contributed by atoms with Crippen LogP contribution in [0.1, 0.15) is 0 Å². The standard InChI is InChI=1S/C7H5N3O3/c11-6-2-1-5-4(3-8-9-5)7(6)10(12)13/h1-3,11H,(H,8,9). The number of nitrogens with one attached hydrogen (secondary N) is 1. The predicted octanol–water partition coefficient (Wildman–Crippen LogP) is 1.18. The van der Waals surface area contributed by atoms with Crippen molar-refractivity contribution in [2.24, 2.45) is 0 Å². The van der Waals surface area contributed by atoms with E-state index in [4.69, 9.17) is 0 Å². The van der Waals surface area contributed by atoms with Gasteiger partial charge in [-0.25, -0.2) is 0 Å². The zero-order chi connectivity index (χ0) is 9.42. The molecule has 2 N–H and O–H groups in total. The molecule has 0 aliphatic heterocycles. The molecule has 1 aromatic heterocycles. The van der Waals surface area contributed by atoms with Crippen molar-refractivity contribution in [1.29, 1.82) is 0 Å². The molecule has 0 bridgehead atoms. The van der Waals surface area contributed by atoms with Crippen LogP contribution in [0.15, 0.2) is 18.3 Å². The van der Waals surface area contributed by atoms with Crippen LogP contribution in [-0.2, 0) is 0 Å². The molecule has 13 heavy (non-hydrogen) atoms. The van der Waals surface area contributed by atoms with Crippen molar-refractivity contribution >= 4 is 16.6 Å². The van der Waals surface area contributed by atoms with E-state index in [9.17, 15) is 15.2 Å². The molecule has 0 aliphatic carbocycles. The summed E-state index contributed by atoms with van der Waals surface area (Å²) in [5.41, 5.74) is 0.218. The number of hydrogen-bond acceptors (Lipinski definition) is 4. The second kappa shape index (κ2) is 2.44. The van der Waals surface area contributed by atoms with Gasteiger partial charge in [0.05, 0.1) is 16.6 Å². The van der Waals surface area contributed by atoms with Gasteiger partial charge in [0.15, 0.2) is 5.75 Å². The fourth-order valence-electron chi connectivity index (χ4n) is 1.18. The summed E-state index contributed by atoms with van der Waals surface area (Å²) in [5, 5.41) is 26.3. The van der Waals surface area contributed by atoms with Gasteiger partial charge in [-0.2, -0.15) is 5.10 Å². The number of nitro groups is 1. The van der Waals surface area contributed by atoms with E-state index in [0.717, 1.165) is 0 Å². The number of phenolic OH excluding ortho intramolecular Hbond substituents is 1. The van der Waals surface area contributed by atoms with Crippen LogP contribution in [0.2, 0.25) is 0 Å². The van der Waals surface area contributed by atoms with Crippen LogP contribution in [0, 0.1) is 10.1 Å². The number of hydrogen-bond donors (Lipinski definition) is 2. The van der Waals surface area contributed by atoms with Gasteiger partial charge in [0.2, 0.25) is 0 Å². The Morgan fingerprint density at radius 3 is 3.00 bits per heavy atom. The largest absolute Gasteiger partial charge is 0.502 e. The molecule has 1 aromatic carbocycles. The van der Waals surface area contributed by atoms with Gasteiger partial charge >= 0.3 is 5.69 Å². The van der Waals surface area contributed by atoms with Gasteiger partial charge in [-0.15, -0.1) is 0 Å². The highest BCUT2D eigenvalue weighted by atomic mass is 16.6. The Labute approximate surface area is 72.0 Å². The second-order valence-electron chi connectivity index (χ2n) is 2.52. The fraction of sp³-hybridized carbons (Fsp3) is 0. The topological polar surface area (TPSA) is 92.0 Å². The molecule has 0 atom stereocenters. The highest BCUT2D eigenvalue weighted by Gasteiger charge is 2.18. The molecular weight excluding hydrogens is 174 g/mol. The molecule has 66 valence electrons. The van der Waals surface area contributed by atoms with E-state index in [1.54, 1.807) is 0 Å². The number of aromatic amines is 1. The number of benzene rings is 1. The van der Waals surface area contributed by atoms with Crippen LogP contribution in [0.5, 0.6) is 5.75 Å². The molecule has 6 heteroatoms. The van der Waals surface area contributed by atoms with E-state index in [1.807, 2.05) is 0 Å². The van der Waals surface area contributed by atoms with Crippen molar-refractivity contribution in [2.45, 2.75) is 0 Å². The molecule has 0 unspecified atom stereocenters. The van der Waals surface area contributed by atoms with Crippen molar-refractivity contribution in [3.05, 3.63) is 28.4 Å². The summed E-state index contributed by atoms with van der Waals surface area (Å²) >= 11 is 0. The average Bonchev–Trinajstić information content (AvgIpc) is 2.50. The lowest BCUT2D eigenvalue weighted by Crippen LogP contribution is -1.88. The normalized spacial score (nSPS) is 10.5. The second-order valence-corrected chi connectivity index (χ2v) is 2.52. The fourth-order valence-corrected chi connectivity index (χ4v) is 1.18. The van der Waals surface area contributed by atoms with E-state index >= 15 is 0 Å². The molecule has 0 saturated heterocycles. The number of nitro benzene ring substituents is 1. The SMILES string of the molecule is O=[N+]([O-])c1c(O)ccc2[nH]ncc12. The first-order valence-corrected chi connectivity index (χ1v) is 3.49. The molecule has 0 spiro atoms. The minimum absolute atomic E-state index is 0.310. The number of aromatic nitrogens is 2. The van der Waals surface area contributed by atoms with E-state index in [-0.39, 0.29) is 11.4 Å². The van der Waals surface area contributed by atoms with Crippen molar-refractivity contribution < 1.29 is 10.0 Å². The minimum atomic E-state index is -0.632. The van der Waals surface area contributed by atoms with Gasteiger partial charge in [0.1, 0.15) is 5.39 Å². The number of aromatic hydroxyl groups is 1. The van der Waals surface area contributed by atoms with Gasteiger partial charge in [-0.05, 0) is 12.1 Å². The van der Waals surface area contributed by atoms with Gasteiger partial charge in [-0.3, -0.25) is 15.2 Å². The van der Waals surface area contributed by atoms with Crippen LogP contribution in [-0.4, -0.2) is 20.2 Å². The molecule has 0 saturated carbocycles. The van der Waals surface area contributed by atoms with E-state index in [0.29, 0.717) is 10.9 Å². The van der Waals surface area contributed by atoms with Crippen LogP contribution in [0.25, 0.3) is 10.9 Å².